The molecule has 0 bridgehead atoms. The van der Waals surface area contributed by atoms with Gasteiger partial charge in [0, 0.05) is 32.3 Å². The van der Waals surface area contributed by atoms with Crippen molar-refractivity contribution in [2.45, 2.75) is 44.1 Å². The van der Waals surface area contributed by atoms with E-state index in [0.29, 0.717) is 13.2 Å². The highest BCUT2D eigenvalue weighted by Gasteiger charge is 2.23. The summed E-state index contributed by atoms with van der Waals surface area (Å²) in [5.74, 6) is 0.855. The number of rotatable bonds is 9. The first-order valence-corrected chi connectivity index (χ1v) is 9.78. The lowest BCUT2D eigenvalue weighted by Gasteiger charge is -2.24. The Morgan fingerprint density at radius 2 is 2.08 bits per heavy atom. The van der Waals surface area contributed by atoms with E-state index in [-0.39, 0.29) is 18.4 Å². The predicted octanol–water partition coefficient (Wildman–Crippen LogP) is 1.94. The van der Waals surface area contributed by atoms with Gasteiger partial charge in [-0.1, -0.05) is 12.1 Å². The summed E-state index contributed by atoms with van der Waals surface area (Å²) in [6.45, 7) is 4.51. The Balaban J connectivity index is 1.40. The molecule has 0 saturated carbocycles. The molecule has 1 aromatic rings. The van der Waals surface area contributed by atoms with Crippen LogP contribution in [0, 0.1) is 0 Å². The molecule has 6 nitrogen and oxygen atoms in total. The number of β-amino-alcohol motifs (C(OH)–C–C–N with tert-alkyl or cyclic N) is 1. The molecule has 3 atom stereocenters. The largest absolute Gasteiger partial charge is 0.491 e. The number of aliphatic hydroxyl groups is 1. The molecule has 6 heteroatoms. The Morgan fingerprint density at radius 1 is 1.23 bits per heavy atom. The Kier molecular flexibility index (Phi) is 7.70. The van der Waals surface area contributed by atoms with Gasteiger partial charge in [0.1, 0.15) is 12.4 Å². The van der Waals surface area contributed by atoms with Crippen molar-refractivity contribution in [3.63, 3.8) is 0 Å². The minimum Gasteiger partial charge on any atom is -0.491 e. The molecule has 0 aromatic heterocycles. The molecule has 0 aliphatic carbocycles. The van der Waals surface area contributed by atoms with Crippen molar-refractivity contribution in [1.82, 2.24) is 10.2 Å². The fourth-order valence-corrected chi connectivity index (χ4v) is 3.58. The average Bonchev–Trinajstić information content (AvgIpc) is 3.10. The molecule has 1 aromatic carbocycles. The third-order valence-corrected chi connectivity index (χ3v) is 5.11. The van der Waals surface area contributed by atoms with Gasteiger partial charge in [-0.05, 0) is 50.4 Å². The third-order valence-electron chi connectivity index (χ3n) is 5.11. The van der Waals surface area contributed by atoms with E-state index in [1.165, 1.54) is 12.0 Å². The summed E-state index contributed by atoms with van der Waals surface area (Å²) >= 11 is 0. The normalized spacial score (nSPS) is 25.3. The van der Waals surface area contributed by atoms with Gasteiger partial charge in [-0.15, -0.1) is 0 Å². The molecule has 2 unspecified atom stereocenters. The maximum absolute atomic E-state index is 9.68. The van der Waals surface area contributed by atoms with Gasteiger partial charge in [-0.2, -0.15) is 0 Å². The van der Waals surface area contributed by atoms with Crippen LogP contribution in [0.3, 0.4) is 0 Å². The lowest BCUT2D eigenvalue weighted by Crippen LogP contribution is -2.33. The lowest BCUT2D eigenvalue weighted by molar-refractivity contribution is -0.165. The zero-order chi connectivity index (χ0) is 18.2. The molecule has 3 rings (SSSR count). The SMILES string of the molecule is CN[C@@H](CN1CCC(O)C1)c1ccc(OCCOC2CCCCO2)cc1. The van der Waals surface area contributed by atoms with Crippen LogP contribution < -0.4 is 10.1 Å². The fraction of sp³-hybridized carbons (Fsp3) is 0.700. The van der Waals surface area contributed by atoms with Gasteiger partial charge < -0.3 is 24.6 Å². The maximum Gasteiger partial charge on any atom is 0.157 e. The minimum absolute atomic E-state index is 0.0600. The standard InChI is InChI=1S/C20H32N2O4/c1-21-19(15-22-10-9-17(23)14-22)16-5-7-18(8-6-16)24-12-13-26-20-4-2-3-11-25-20/h5-8,17,19-21,23H,2-4,9-15H2,1H3/t17?,19-,20?/m0/s1. The second-order valence-electron chi connectivity index (χ2n) is 7.13. The van der Waals surface area contributed by atoms with Crippen LogP contribution in [0.25, 0.3) is 0 Å². The van der Waals surface area contributed by atoms with Crippen LogP contribution in [-0.4, -0.2) is 68.9 Å². The first-order chi connectivity index (χ1) is 12.7. The zero-order valence-electron chi connectivity index (χ0n) is 15.7. The second kappa shape index (κ2) is 10.2. The summed E-state index contributed by atoms with van der Waals surface area (Å²) in [5.41, 5.74) is 1.23. The predicted molar refractivity (Wildman–Crippen MR) is 100 cm³/mol. The van der Waals surface area contributed by atoms with Crippen LogP contribution in [0.15, 0.2) is 24.3 Å². The van der Waals surface area contributed by atoms with Crippen molar-refractivity contribution in [2.75, 3.05) is 46.5 Å². The Morgan fingerprint density at radius 3 is 2.73 bits per heavy atom. The summed E-state index contributed by atoms with van der Waals surface area (Å²) in [7, 11) is 1.98. The van der Waals surface area contributed by atoms with Crippen LogP contribution in [0.2, 0.25) is 0 Å². The first-order valence-electron chi connectivity index (χ1n) is 9.78. The van der Waals surface area contributed by atoms with E-state index >= 15 is 0 Å². The van der Waals surface area contributed by atoms with Crippen molar-refractivity contribution in [3.05, 3.63) is 29.8 Å². The van der Waals surface area contributed by atoms with Crippen molar-refractivity contribution >= 4 is 0 Å². The van der Waals surface area contributed by atoms with E-state index in [1.54, 1.807) is 0 Å². The van der Waals surface area contributed by atoms with Gasteiger partial charge >= 0.3 is 0 Å². The van der Waals surface area contributed by atoms with Crippen LogP contribution >= 0.6 is 0 Å². The van der Waals surface area contributed by atoms with Gasteiger partial charge in [-0.3, -0.25) is 4.90 Å². The van der Waals surface area contributed by atoms with Crippen molar-refractivity contribution in [2.24, 2.45) is 0 Å². The van der Waals surface area contributed by atoms with Gasteiger partial charge in [0.05, 0.1) is 12.7 Å². The fourth-order valence-electron chi connectivity index (χ4n) is 3.58. The molecule has 2 N–H and O–H groups in total. The summed E-state index contributed by atoms with van der Waals surface area (Å²) in [5, 5.41) is 13.1. The number of nitrogens with zero attached hydrogens (tertiary/aromatic N) is 1. The summed E-state index contributed by atoms with van der Waals surface area (Å²) in [6.07, 6.45) is 3.93. The number of nitrogens with one attached hydrogen (secondary N) is 1. The van der Waals surface area contributed by atoms with E-state index in [1.807, 2.05) is 19.2 Å². The highest BCUT2D eigenvalue weighted by molar-refractivity contribution is 5.29. The first kappa shape index (κ1) is 19.6. The van der Waals surface area contributed by atoms with Gasteiger partial charge in [0.25, 0.3) is 0 Å². The van der Waals surface area contributed by atoms with E-state index in [0.717, 1.165) is 51.3 Å². The number of aliphatic hydroxyl groups excluding tert-OH is 1. The molecule has 0 radical (unpaired) electrons. The van der Waals surface area contributed by atoms with Crippen molar-refractivity contribution in [1.29, 1.82) is 0 Å². The number of likely N-dealkylation sites (N-methyl/N-ethyl adjacent to an activating group) is 1. The number of benzene rings is 1. The molecular formula is C20H32N2O4. The smallest absolute Gasteiger partial charge is 0.157 e. The lowest BCUT2D eigenvalue weighted by atomic mass is 10.1. The topological polar surface area (TPSA) is 63.2 Å². The van der Waals surface area contributed by atoms with Crippen molar-refractivity contribution < 1.29 is 19.3 Å². The number of ether oxygens (including phenoxy) is 3. The van der Waals surface area contributed by atoms with E-state index in [4.69, 9.17) is 14.2 Å². The molecule has 0 amide bonds. The average molecular weight is 364 g/mol. The Labute approximate surface area is 156 Å². The van der Waals surface area contributed by atoms with Crippen molar-refractivity contribution in [3.8, 4) is 5.75 Å². The highest BCUT2D eigenvalue weighted by atomic mass is 16.7. The molecule has 146 valence electrons. The molecule has 2 heterocycles. The Hall–Kier alpha value is -1.18. The molecule has 26 heavy (non-hydrogen) atoms. The highest BCUT2D eigenvalue weighted by Crippen LogP contribution is 2.21. The molecule has 2 fully saturated rings. The summed E-state index contributed by atoms with van der Waals surface area (Å²) < 4.78 is 17.0. The maximum atomic E-state index is 9.68. The minimum atomic E-state index is -0.176. The number of hydrogen-bond acceptors (Lipinski definition) is 6. The molecular weight excluding hydrogens is 332 g/mol. The van der Waals surface area contributed by atoms with Crippen LogP contribution in [0.1, 0.15) is 37.3 Å². The molecule has 0 spiro atoms. The van der Waals surface area contributed by atoms with Gasteiger partial charge in [-0.25, -0.2) is 0 Å². The molecule has 2 saturated heterocycles. The third kappa shape index (κ3) is 5.93. The zero-order valence-corrected chi connectivity index (χ0v) is 15.7. The van der Waals surface area contributed by atoms with Crippen LogP contribution in [-0.2, 0) is 9.47 Å². The molecule has 2 aliphatic heterocycles. The number of hydrogen-bond donors (Lipinski definition) is 2. The Bertz CT molecular complexity index is 519. The van der Waals surface area contributed by atoms with Gasteiger partial charge in [0.15, 0.2) is 6.29 Å². The molecule has 2 aliphatic rings. The quantitative estimate of drug-likeness (QED) is 0.653. The second-order valence-corrected chi connectivity index (χ2v) is 7.13. The summed E-state index contributed by atoms with van der Waals surface area (Å²) in [6, 6.07) is 8.48. The van der Waals surface area contributed by atoms with E-state index < -0.39 is 0 Å². The summed E-state index contributed by atoms with van der Waals surface area (Å²) in [4.78, 5) is 2.31. The monoisotopic (exact) mass is 364 g/mol. The van der Waals surface area contributed by atoms with Gasteiger partial charge in [0.2, 0.25) is 0 Å². The number of likely N-dealkylation sites (tertiary alicyclic amines) is 1. The van der Waals surface area contributed by atoms with E-state index in [9.17, 15) is 5.11 Å². The van der Waals surface area contributed by atoms with Crippen LogP contribution in [0.5, 0.6) is 5.75 Å². The van der Waals surface area contributed by atoms with E-state index in [2.05, 4.69) is 22.3 Å². The van der Waals surface area contributed by atoms with Crippen LogP contribution in [0.4, 0.5) is 0 Å².